The molecule has 2 fully saturated rings. The van der Waals surface area contributed by atoms with Gasteiger partial charge in [-0.25, -0.2) is 4.79 Å². The maximum Gasteiger partial charge on any atom is 0.339 e. The fraction of sp³-hybridized carbons (Fsp3) is 0.545. The molecule has 7 heteroatoms. The molecule has 1 saturated carbocycles. The standard InChI is InChI=1S/C22H26ClNO5/c1-13-14(2)21(26)29-18-10-19(17(23)9-16(13)18)28-12-20(25)24-8-7-22(27)6-4-3-5-15(22)11-24/h9-10,15,27H,3-8,11-12H2,1-2H3/t15-,22-/m0/s1. The SMILES string of the molecule is Cc1c(C)c2cc(Cl)c(OCC(=O)N3CC[C@@]4(O)CCCC[C@H]4C3)cc2oc1=O. The number of hydrogen-bond donors (Lipinski definition) is 1. The van der Waals surface area contributed by atoms with E-state index in [9.17, 15) is 14.7 Å². The van der Waals surface area contributed by atoms with Crippen LogP contribution in [0.4, 0.5) is 0 Å². The van der Waals surface area contributed by atoms with Gasteiger partial charge in [0.1, 0.15) is 11.3 Å². The largest absolute Gasteiger partial charge is 0.482 e. The van der Waals surface area contributed by atoms with Crippen molar-refractivity contribution in [3.8, 4) is 5.75 Å². The summed E-state index contributed by atoms with van der Waals surface area (Å²) in [5.41, 5.74) is 0.729. The van der Waals surface area contributed by atoms with Crippen LogP contribution in [0.1, 0.15) is 43.2 Å². The molecule has 2 aliphatic rings. The Kier molecular flexibility index (Phi) is 5.34. The first-order valence-corrected chi connectivity index (χ1v) is 10.5. The van der Waals surface area contributed by atoms with Gasteiger partial charge in [0.2, 0.25) is 0 Å². The minimum absolute atomic E-state index is 0.129. The molecule has 2 heterocycles. The molecule has 1 amide bonds. The molecule has 1 aliphatic heterocycles. The average Bonchev–Trinajstić information content (AvgIpc) is 2.70. The van der Waals surface area contributed by atoms with Crippen molar-refractivity contribution in [1.82, 2.24) is 4.90 Å². The molecule has 2 aromatic rings. The monoisotopic (exact) mass is 419 g/mol. The molecule has 29 heavy (non-hydrogen) atoms. The molecule has 1 N–H and O–H groups in total. The summed E-state index contributed by atoms with van der Waals surface area (Å²) in [4.78, 5) is 26.4. The van der Waals surface area contributed by atoms with E-state index in [1.807, 2.05) is 6.92 Å². The van der Waals surface area contributed by atoms with Crippen molar-refractivity contribution in [2.75, 3.05) is 19.7 Å². The minimum Gasteiger partial charge on any atom is -0.482 e. The molecule has 1 aromatic heterocycles. The van der Waals surface area contributed by atoms with Crippen molar-refractivity contribution in [3.05, 3.63) is 38.7 Å². The lowest BCUT2D eigenvalue weighted by Gasteiger charge is -2.47. The molecule has 1 aliphatic carbocycles. The maximum atomic E-state index is 12.7. The highest BCUT2D eigenvalue weighted by atomic mass is 35.5. The molecule has 156 valence electrons. The molecule has 1 aromatic carbocycles. The number of likely N-dealkylation sites (tertiary alicyclic amines) is 1. The molecule has 0 radical (unpaired) electrons. The quantitative estimate of drug-likeness (QED) is 0.769. The molecular weight excluding hydrogens is 394 g/mol. The van der Waals surface area contributed by atoms with E-state index in [1.54, 1.807) is 24.0 Å². The number of aliphatic hydroxyl groups is 1. The van der Waals surface area contributed by atoms with E-state index >= 15 is 0 Å². The second-order valence-electron chi connectivity index (χ2n) is 8.34. The number of hydrogen-bond acceptors (Lipinski definition) is 5. The highest BCUT2D eigenvalue weighted by Crippen LogP contribution is 2.40. The van der Waals surface area contributed by atoms with Crippen LogP contribution in [0.5, 0.6) is 5.75 Å². The number of halogens is 1. The molecule has 0 bridgehead atoms. The van der Waals surface area contributed by atoms with Gasteiger partial charge in [0.15, 0.2) is 6.61 Å². The Balaban J connectivity index is 1.47. The Morgan fingerprint density at radius 3 is 2.90 bits per heavy atom. The van der Waals surface area contributed by atoms with Crippen molar-refractivity contribution in [1.29, 1.82) is 0 Å². The van der Waals surface area contributed by atoms with Gasteiger partial charge >= 0.3 is 5.63 Å². The van der Waals surface area contributed by atoms with Crippen LogP contribution in [0.25, 0.3) is 11.0 Å². The van der Waals surface area contributed by atoms with Gasteiger partial charge in [-0.2, -0.15) is 0 Å². The Labute approximate surface area is 174 Å². The van der Waals surface area contributed by atoms with Crippen LogP contribution < -0.4 is 10.4 Å². The van der Waals surface area contributed by atoms with Crippen LogP contribution in [0, 0.1) is 19.8 Å². The number of aryl methyl sites for hydroxylation is 1. The van der Waals surface area contributed by atoms with Crippen LogP contribution in [-0.4, -0.2) is 41.2 Å². The molecule has 4 rings (SSSR count). The summed E-state index contributed by atoms with van der Waals surface area (Å²) in [6.45, 7) is 4.51. The third-order valence-corrected chi connectivity index (χ3v) is 6.94. The summed E-state index contributed by atoms with van der Waals surface area (Å²) >= 11 is 6.34. The number of amides is 1. The highest BCUT2D eigenvalue weighted by molar-refractivity contribution is 6.32. The Hall–Kier alpha value is -2.05. The predicted molar refractivity (Wildman–Crippen MR) is 111 cm³/mol. The predicted octanol–water partition coefficient (Wildman–Crippen LogP) is 3.60. The zero-order valence-electron chi connectivity index (χ0n) is 16.8. The smallest absolute Gasteiger partial charge is 0.339 e. The van der Waals surface area contributed by atoms with E-state index in [0.29, 0.717) is 41.4 Å². The van der Waals surface area contributed by atoms with Gasteiger partial charge in [0.25, 0.3) is 5.91 Å². The van der Waals surface area contributed by atoms with Gasteiger partial charge in [-0.05, 0) is 44.7 Å². The van der Waals surface area contributed by atoms with Gasteiger partial charge in [0.05, 0.1) is 10.6 Å². The molecule has 1 saturated heterocycles. The first kappa shape index (κ1) is 20.2. The number of rotatable bonds is 3. The van der Waals surface area contributed by atoms with Gasteiger partial charge in [-0.15, -0.1) is 0 Å². The summed E-state index contributed by atoms with van der Waals surface area (Å²) in [5.74, 6) is 0.319. The van der Waals surface area contributed by atoms with E-state index in [4.69, 9.17) is 20.8 Å². The number of fused-ring (bicyclic) bond motifs is 2. The van der Waals surface area contributed by atoms with E-state index in [0.717, 1.165) is 36.6 Å². The summed E-state index contributed by atoms with van der Waals surface area (Å²) < 4.78 is 11.0. The number of carbonyl (C=O) groups is 1. The van der Waals surface area contributed by atoms with Crippen LogP contribution in [0.2, 0.25) is 5.02 Å². The van der Waals surface area contributed by atoms with Crippen molar-refractivity contribution in [2.45, 2.75) is 51.6 Å². The summed E-state index contributed by atoms with van der Waals surface area (Å²) in [6.07, 6.45) is 4.55. The zero-order chi connectivity index (χ0) is 20.8. The normalized spacial score (nSPS) is 24.4. The molecular formula is C22H26ClNO5. The van der Waals surface area contributed by atoms with E-state index in [2.05, 4.69) is 0 Å². The second-order valence-corrected chi connectivity index (χ2v) is 8.75. The molecule has 6 nitrogen and oxygen atoms in total. The second kappa shape index (κ2) is 7.65. The van der Waals surface area contributed by atoms with Crippen molar-refractivity contribution >= 4 is 28.5 Å². The summed E-state index contributed by atoms with van der Waals surface area (Å²) in [5, 5.41) is 11.9. The lowest BCUT2D eigenvalue weighted by molar-refractivity contribution is -0.145. The molecule has 0 unspecified atom stereocenters. The van der Waals surface area contributed by atoms with Gasteiger partial charge < -0.3 is 19.2 Å². The molecule has 0 spiro atoms. The van der Waals surface area contributed by atoms with E-state index < -0.39 is 11.2 Å². The first-order valence-electron chi connectivity index (χ1n) is 10.1. The maximum absolute atomic E-state index is 12.7. The van der Waals surface area contributed by atoms with Crippen LogP contribution in [0.15, 0.2) is 21.3 Å². The first-order chi connectivity index (χ1) is 13.8. The Morgan fingerprint density at radius 2 is 2.10 bits per heavy atom. The topological polar surface area (TPSA) is 80.0 Å². The zero-order valence-corrected chi connectivity index (χ0v) is 17.6. The third kappa shape index (κ3) is 3.76. The van der Waals surface area contributed by atoms with Crippen molar-refractivity contribution in [3.63, 3.8) is 0 Å². The van der Waals surface area contributed by atoms with Crippen LogP contribution >= 0.6 is 11.6 Å². The highest BCUT2D eigenvalue weighted by Gasteiger charge is 2.43. The van der Waals surface area contributed by atoms with Crippen molar-refractivity contribution in [2.24, 2.45) is 5.92 Å². The summed E-state index contributed by atoms with van der Waals surface area (Å²) in [7, 11) is 0. The average molecular weight is 420 g/mol. The van der Waals surface area contributed by atoms with E-state index in [1.165, 1.54) is 0 Å². The van der Waals surface area contributed by atoms with Gasteiger partial charge in [-0.1, -0.05) is 24.4 Å². The molecule has 2 atom stereocenters. The Bertz CT molecular complexity index is 1020. The van der Waals surface area contributed by atoms with Crippen LogP contribution in [-0.2, 0) is 4.79 Å². The fourth-order valence-electron chi connectivity index (χ4n) is 4.58. The third-order valence-electron chi connectivity index (χ3n) is 6.64. The number of nitrogens with zero attached hydrogens (tertiary/aromatic N) is 1. The van der Waals surface area contributed by atoms with Gasteiger partial charge in [0, 0.05) is 36.0 Å². The minimum atomic E-state index is -0.620. The van der Waals surface area contributed by atoms with E-state index in [-0.39, 0.29) is 18.4 Å². The van der Waals surface area contributed by atoms with Gasteiger partial charge in [-0.3, -0.25) is 4.79 Å². The number of benzene rings is 1. The lowest BCUT2D eigenvalue weighted by Crippen LogP contribution is -2.55. The van der Waals surface area contributed by atoms with Crippen molar-refractivity contribution < 1.29 is 19.1 Å². The number of piperidine rings is 1. The lowest BCUT2D eigenvalue weighted by atomic mass is 9.71. The van der Waals surface area contributed by atoms with Crippen LogP contribution in [0.3, 0.4) is 0 Å². The number of ether oxygens (including phenoxy) is 1. The summed E-state index contributed by atoms with van der Waals surface area (Å²) in [6, 6.07) is 3.26. The Morgan fingerprint density at radius 1 is 1.31 bits per heavy atom. The fourth-order valence-corrected chi connectivity index (χ4v) is 4.80. The number of carbonyl (C=O) groups excluding carboxylic acids is 1.